The third-order valence-electron chi connectivity index (χ3n) is 3.52. The minimum Gasteiger partial charge on any atom is -0.207 e. The molecule has 0 fully saturated rings. The van der Waals surface area contributed by atoms with Gasteiger partial charge in [-0.3, -0.25) is 0 Å². The predicted octanol–water partition coefficient (Wildman–Crippen LogP) is 6.09. The SMILES string of the molecule is CCc1ccc(C(Br)c2ccc(F)cc2Cl)cc1CC. The fourth-order valence-electron chi connectivity index (χ4n) is 2.36. The topological polar surface area (TPSA) is 0 Å². The van der Waals surface area contributed by atoms with E-state index in [4.69, 9.17) is 11.6 Å². The molecule has 0 N–H and O–H groups in total. The number of hydrogen-bond donors (Lipinski definition) is 0. The normalized spacial score (nSPS) is 12.4. The van der Waals surface area contributed by atoms with Crippen molar-refractivity contribution in [3.63, 3.8) is 0 Å². The van der Waals surface area contributed by atoms with Gasteiger partial charge in [-0.25, -0.2) is 4.39 Å². The Morgan fingerprint density at radius 2 is 1.75 bits per heavy atom. The zero-order valence-corrected chi connectivity index (χ0v) is 13.9. The van der Waals surface area contributed by atoms with Crippen LogP contribution in [0.25, 0.3) is 0 Å². The van der Waals surface area contributed by atoms with Gasteiger partial charge in [-0.15, -0.1) is 0 Å². The number of benzene rings is 2. The largest absolute Gasteiger partial charge is 0.207 e. The van der Waals surface area contributed by atoms with E-state index in [0.717, 1.165) is 24.0 Å². The Morgan fingerprint density at radius 3 is 2.35 bits per heavy atom. The van der Waals surface area contributed by atoms with E-state index in [1.165, 1.54) is 23.3 Å². The maximum Gasteiger partial charge on any atom is 0.124 e. The molecule has 2 aromatic carbocycles. The Labute approximate surface area is 133 Å². The summed E-state index contributed by atoms with van der Waals surface area (Å²) >= 11 is 9.81. The van der Waals surface area contributed by atoms with Crippen LogP contribution in [-0.4, -0.2) is 0 Å². The van der Waals surface area contributed by atoms with E-state index >= 15 is 0 Å². The van der Waals surface area contributed by atoms with E-state index in [1.54, 1.807) is 6.07 Å². The highest BCUT2D eigenvalue weighted by Gasteiger charge is 2.15. The minimum absolute atomic E-state index is 0.0215. The lowest BCUT2D eigenvalue weighted by Gasteiger charge is -2.15. The fraction of sp³-hybridized carbons (Fsp3) is 0.294. The molecule has 0 heterocycles. The summed E-state index contributed by atoms with van der Waals surface area (Å²) in [6.45, 7) is 4.32. The molecule has 0 amide bonds. The lowest BCUT2D eigenvalue weighted by atomic mass is 9.96. The third kappa shape index (κ3) is 3.24. The second kappa shape index (κ2) is 6.73. The van der Waals surface area contributed by atoms with Crippen molar-refractivity contribution < 1.29 is 4.39 Å². The summed E-state index contributed by atoms with van der Waals surface area (Å²) in [4.78, 5) is -0.0215. The maximum atomic E-state index is 13.1. The van der Waals surface area contributed by atoms with Crippen molar-refractivity contribution in [1.82, 2.24) is 0 Å². The molecule has 0 aromatic heterocycles. The molecule has 0 saturated heterocycles. The van der Waals surface area contributed by atoms with E-state index in [2.05, 4.69) is 48.0 Å². The molecule has 0 bridgehead atoms. The highest BCUT2D eigenvalue weighted by Crippen LogP contribution is 2.36. The summed E-state index contributed by atoms with van der Waals surface area (Å²) in [5, 5.41) is 0.449. The highest BCUT2D eigenvalue weighted by atomic mass is 79.9. The van der Waals surface area contributed by atoms with Crippen LogP contribution >= 0.6 is 27.5 Å². The Bertz CT molecular complexity index is 610. The molecule has 1 unspecified atom stereocenters. The summed E-state index contributed by atoms with van der Waals surface area (Å²) in [7, 11) is 0. The molecule has 2 rings (SSSR count). The first-order valence-corrected chi connectivity index (χ1v) is 8.06. The molecule has 0 aliphatic carbocycles. The Balaban J connectivity index is 2.40. The van der Waals surface area contributed by atoms with Crippen LogP contribution in [0.3, 0.4) is 0 Å². The van der Waals surface area contributed by atoms with Crippen molar-refractivity contribution >= 4 is 27.5 Å². The highest BCUT2D eigenvalue weighted by molar-refractivity contribution is 9.09. The first kappa shape index (κ1) is 15.5. The van der Waals surface area contributed by atoms with Crippen molar-refractivity contribution in [2.24, 2.45) is 0 Å². The van der Waals surface area contributed by atoms with Gasteiger partial charge in [-0.05, 0) is 47.2 Å². The van der Waals surface area contributed by atoms with Gasteiger partial charge in [0.2, 0.25) is 0 Å². The summed E-state index contributed by atoms with van der Waals surface area (Å²) in [6, 6.07) is 11.0. The smallest absolute Gasteiger partial charge is 0.124 e. The zero-order valence-electron chi connectivity index (χ0n) is 11.6. The van der Waals surface area contributed by atoms with Gasteiger partial charge >= 0.3 is 0 Å². The molecule has 0 nitrogen and oxygen atoms in total. The van der Waals surface area contributed by atoms with Gasteiger partial charge in [0, 0.05) is 5.02 Å². The van der Waals surface area contributed by atoms with Gasteiger partial charge in [0.1, 0.15) is 5.82 Å². The van der Waals surface area contributed by atoms with E-state index in [0.29, 0.717) is 5.02 Å². The number of alkyl halides is 1. The lowest BCUT2D eigenvalue weighted by Crippen LogP contribution is -1.98. The number of hydrogen-bond acceptors (Lipinski definition) is 0. The lowest BCUT2D eigenvalue weighted by molar-refractivity contribution is 0.627. The minimum atomic E-state index is -0.311. The first-order chi connectivity index (χ1) is 9.56. The molecule has 0 saturated carbocycles. The molecule has 1 atom stereocenters. The summed E-state index contributed by atoms with van der Waals surface area (Å²) in [5.41, 5.74) is 4.76. The maximum absolute atomic E-state index is 13.1. The molecule has 3 heteroatoms. The van der Waals surface area contributed by atoms with Gasteiger partial charge < -0.3 is 0 Å². The van der Waals surface area contributed by atoms with Crippen LogP contribution in [0.2, 0.25) is 5.02 Å². The molecule has 0 radical (unpaired) electrons. The van der Waals surface area contributed by atoms with Crippen LogP contribution in [0, 0.1) is 5.82 Å². The van der Waals surface area contributed by atoms with E-state index in [9.17, 15) is 4.39 Å². The van der Waals surface area contributed by atoms with Gasteiger partial charge in [0.05, 0.1) is 4.83 Å². The van der Waals surface area contributed by atoms with Crippen molar-refractivity contribution in [2.45, 2.75) is 31.5 Å². The van der Waals surface area contributed by atoms with Crippen LogP contribution < -0.4 is 0 Å². The average molecular weight is 356 g/mol. The average Bonchev–Trinajstić information content (AvgIpc) is 2.45. The molecule has 106 valence electrons. The van der Waals surface area contributed by atoms with Crippen molar-refractivity contribution in [1.29, 1.82) is 0 Å². The monoisotopic (exact) mass is 354 g/mol. The van der Waals surface area contributed by atoms with Crippen molar-refractivity contribution in [3.8, 4) is 0 Å². The van der Waals surface area contributed by atoms with Crippen LogP contribution in [0.5, 0.6) is 0 Å². The quantitative estimate of drug-likeness (QED) is 0.582. The Hall–Kier alpha value is -0.860. The summed E-state index contributed by atoms with van der Waals surface area (Å²) in [5.74, 6) is -0.311. The fourth-order valence-corrected chi connectivity index (χ4v) is 3.46. The molecule has 0 aliphatic heterocycles. The van der Waals surface area contributed by atoms with E-state index < -0.39 is 0 Å². The molecule has 0 spiro atoms. The van der Waals surface area contributed by atoms with E-state index in [-0.39, 0.29) is 10.6 Å². The summed E-state index contributed by atoms with van der Waals surface area (Å²) in [6.07, 6.45) is 2.04. The molecule has 20 heavy (non-hydrogen) atoms. The predicted molar refractivity (Wildman–Crippen MR) is 87.4 cm³/mol. The van der Waals surface area contributed by atoms with Crippen LogP contribution in [-0.2, 0) is 12.8 Å². The zero-order chi connectivity index (χ0) is 14.7. The third-order valence-corrected chi connectivity index (χ3v) is 4.87. The number of aryl methyl sites for hydroxylation is 2. The van der Waals surface area contributed by atoms with Crippen LogP contribution in [0.15, 0.2) is 36.4 Å². The molecule has 2 aromatic rings. The standard InChI is InChI=1S/C17H17BrClF/c1-3-11-5-6-13(9-12(11)4-2)17(18)15-8-7-14(20)10-16(15)19/h5-10,17H,3-4H2,1-2H3. The van der Waals surface area contributed by atoms with Crippen LogP contribution in [0.4, 0.5) is 4.39 Å². The second-order valence-corrected chi connectivity index (χ2v) is 6.09. The Kier molecular flexibility index (Phi) is 5.22. The van der Waals surface area contributed by atoms with Gasteiger partial charge in [0.25, 0.3) is 0 Å². The van der Waals surface area contributed by atoms with Crippen molar-refractivity contribution in [3.05, 3.63) is 69.5 Å². The Morgan fingerprint density at radius 1 is 1.05 bits per heavy atom. The molecular formula is C17H17BrClF. The van der Waals surface area contributed by atoms with Gasteiger partial charge in [0.15, 0.2) is 0 Å². The first-order valence-electron chi connectivity index (χ1n) is 6.77. The number of rotatable bonds is 4. The van der Waals surface area contributed by atoms with Gasteiger partial charge in [-0.2, -0.15) is 0 Å². The summed E-state index contributed by atoms with van der Waals surface area (Å²) < 4.78 is 13.1. The van der Waals surface area contributed by atoms with Crippen LogP contribution in [0.1, 0.15) is 40.9 Å². The number of halogens is 3. The van der Waals surface area contributed by atoms with Gasteiger partial charge in [-0.1, -0.05) is 65.6 Å². The van der Waals surface area contributed by atoms with Crippen molar-refractivity contribution in [2.75, 3.05) is 0 Å². The van der Waals surface area contributed by atoms with E-state index in [1.807, 2.05) is 0 Å². The second-order valence-electron chi connectivity index (χ2n) is 4.76. The molecular weight excluding hydrogens is 339 g/mol. The molecule has 0 aliphatic rings.